The number of ether oxygens (including phenoxy) is 1. The summed E-state index contributed by atoms with van der Waals surface area (Å²) >= 11 is 0. The lowest BCUT2D eigenvalue weighted by Gasteiger charge is -2.28. The first-order chi connectivity index (χ1) is 9.42. The largest absolute Gasteiger partial charge is 0.392 e. The zero-order valence-electron chi connectivity index (χ0n) is 11.8. The lowest BCUT2D eigenvalue weighted by atomic mass is 10.1. The number of hydrogen-bond acceptors (Lipinski definition) is 4. The van der Waals surface area contributed by atoms with Crippen LogP contribution in [0.4, 0.5) is 0 Å². The number of rotatable bonds is 4. The van der Waals surface area contributed by atoms with E-state index < -0.39 is 10.0 Å². The number of sulfonamides is 1. The molecule has 2 N–H and O–H groups in total. The van der Waals surface area contributed by atoms with Crippen molar-refractivity contribution in [2.24, 2.45) is 0 Å². The smallest absolute Gasteiger partial charge is 0.241 e. The van der Waals surface area contributed by atoms with Crippen LogP contribution in [0.15, 0.2) is 23.1 Å². The van der Waals surface area contributed by atoms with E-state index in [-0.39, 0.29) is 23.6 Å². The van der Waals surface area contributed by atoms with E-state index in [1.165, 1.54) is 6.07 Å². The van der Waals surface area contributed by atoms with Crippen molar-refractivity contribution in [3.63, 3.8) is 0 Å². The summed E-state index contributed by atoms with van der Waals surface area (Å²) in [6.07, 6.45) is 1.43. The number of aliphatic hydroxyl groups is 1. The van der Waals surface area contributed by atoms with E-state index in [1.807, 2.05) is 6.92 Å². The molecule has 0 aromatic heterocycles. The summed E-state index contributed by atoms with van der Waals surface area (Å²) in [6.45, 7) is 4.10. The molecule has 0 aliphatic carbocycles. The Morgan fingerprint density at radius 1 is 1.45 bits per heavy atom. The van der Waals surface area contributed by atoms with Crippen LogP contribution >= 0.6 is 0 Å². The first-order valence-electron chi connectivity index (χ1n) is 6.76. The first kappa shape index (κ1) is 15.4. The minimum Gasteiger partial charge on any atom is -0.392 e. The third kappa shape index (κ3) is 3.58. The molecule has 1 heterocycles. The Balaban J connectivity index is 2.21. The molecule has 1 aromatic carbocycles. The Kier molecular flexibility index (Phi) is 4.80. The number of hydrogen-bond donors (Lipinski definition) is 2. The van der Waals surface area contributed by atoms with Gasteiger partial charge in [0.25, 0.3) is 0 Å². The lowest BCUT2D eigenvalue weighted by Crippen LogP contribution is -2.41. The highest BCUT2D eigenvalue weighted by Gasteiger charge is 2.26. The third-order valence-corrected chi connectivity index (χ3v) is 5.19. The fraction of sp³-hybridized carbons (Fsp3) is 0.571. The fourth-order valence-corrected chi connectivity index (χ4v) is 4.00. The minimum absolute atomic E-state index is 0.0707. The SMILES string of the molecule is Cc1ccc(CO)cc1S(=O)(=O)NC1CCOC(C)C1. The molecule has 112 valence electrons. The maximum atomic E-state index is 12.5. The van der Waals surface area contributed by atoms with Gasteiger partial charge in [0.1, 0.15) is 0 Å². The molecule has 0 bridgehead atoms. The van der Waals surface area contributed by atoms with E-state index in [4.69, 9.17) is 9.84 Å². The topological polar surface area (TPSA) is 75.6 Å². The maximum absolute atomic E-state index is 12.5. The molecule has 20 heavy (non-hydrogen) atoms. The average Bonchev–Trinajstić information content (AvgIpc) is 2.38. The number of nitrogens with one attached hydrogen (secondary N) is 1. The second kappa shape index (κ2) is 6.22. The Labute approximate surface area is 120 Å². The van der Waals surface area contributed by atoms with Gasteiger partial charge in [0, 0.05) is 12.6 Å². The quantitative estimate of drug-likeness (QED) is 0.879. The summed E-state index contributed by atoms with van der Waals surface area (Å²) in [7, 11) is -3.56. The van der Waals surface area contributed by atoms with Gasteiger partial charge in [-0.15, -0.1) is 0 Å². The van der Waals surface area contributed by atoms with Gasteiger partial charge in [-0.05, 0) is 43.9 Å². The molecule has 1 saturated heterocycles. The highest BCUT2D eigenvalue weighted by molar-refractivity contribution is 7.89. The molecular formula is C14H21NO4S. The van der Waals surface area contributed by atoms with Crippen LogP contribution < -0.4 is 4.72 Å². The van der Waals surface area contributed by atoms with Crippen LogP contribution in [0.25, 0.3) is 0 Å². The van der Waals surface area contributed by atoms with Crippen LogP contribution in [0.2, 0.25) is 0 Å². The van der Waals surface area contributed by atoms with Gasteiger partial charge in [0.15, 0.2) is 0 Å². The summed E-state index contributed by atoms with van der Waals surface area (Å²) in [5.41, 5.74) is 1.27. The van der Waals surface area contributed by atoms with Crippen LogP contribution in [0.1, 0.15) is 30.9 Å². The zero-order chi connectivity index (χ0) is 14.8. The fourth-order valence-electron chi connectivity index (χ4n) is 2.42. The maximum Gasteiger partial charge on any atom is 0.241 e. The van der Waals surface area contributed by atoms with Crippen molar-refractivity contribution in [3.8, 4) is 0 Å². The summed E-state index contributed by atoms with van der Waals surface area (Å²) < 4.78 is 33.1. The van der Waals surface area contributed by atoms with Crippen molar-refractivity contribution in [1.29, 1.82) is 0 Å². The van der Waals surface area contributed by atoms with Crippen molar-refractivity contribution < 1.29 is 18.3 Å². The van der Waals surface area contributed by atoms with Crippen molar-refractivity contribution in [3.05, 3.63) is 29.3 Å². The van der Waals surface area contributed by atoms with Gasteiger partial charge in [0.05, 0.1) is 17.6 Å². The number of aryl methyl sites for hydroxylation is 1. The minimum atomic E-state index is -3.56. The normalized spacial score (nSPS) is 23.8. The van der Waals surface area contributed by atoms with Crippen molar-refractivity contribution in [1.82, 2.24) is 4.72 Å². The van der Waals surface area contributed by atoms with Gasteiger partial charge in [0.2, 0.25) is 10.0 Å². The average molecular weight is 299 g/mol. The van der Waals surface area contributed by atoms with E-state index in [9.17, 15) is 8.42 Å². The van der Waals surface area contributed by atoms with E-state index in [2.05, 4.69) is 4.72 Å². The Morgan fingerprint density at radius 2 is 2.20 bits per heavy atom. The van der Waals surface area contributed by atoms with E-state index in [0.29, 0.717) is 30.6 Å². The standard InChI is InChI=1S/C14H21NO4S/c1-10-3-4-12(9-16)8-14(10)20(17,18)15-13-5-6-19-11(2)7-13/h3-4,8,11,13,15-16H,5-7,9H2,1-2H3. The van der Waals surface area contributed by atoms with Crippen LogP contribution in [0.3, 0.4) is 0 Å². The van der Waals surface area contributed by atoms with Crippen LogP contribution in [0.5, 0.6) is 0 Å². The second-order valence-corrected chi connectivity index (χ2v) is 6.96. The summed E-state index contributed by atoms with van der Waals surface area (Å²) in [5.74, 6) is 0. The third-order valence-electron chi connectivity index (χ3n) is 3.53. The number of benzene rings is 1. The summed E-state index contributed by atoms with van der Waals surface area (Å²) in [6, 6.07) is 4.87. The molecule has 2 rings (SSSR count). The molecule has 2 unspecified atom stereocenters. The van der Waals surface area contributed by atoms with Gasteiger partial charge in [-0.25, -0.2) is 13.1 Å². The molecule has 6 heteroatoms. The van der Waals surface area contributed by atoms with Crippen LogP contribution in [-0.4, -0.2) is 32.3 Å². The molecule has 0 spiro atoms. The Hall–Kier alpha value is -0.950. The van der Waals surface area contributed by atoms with Gasteiger partial charge >= 0.3 is 0 Å². The van der Waals surface area contributed by atoms with Crippen molar-refractivity contribution >= 4 is 10.0 Å². The molecule has 0 amide bonds. The zero-order valence-corrected chi connectivity index (χ0v) is 12.6. The Bertz CT molecular complexity index is 571. The van der Waals surface area contributed by atoms with E-state index in [0.717, 1.165) is 0 Å². The molecule has 0 radical (unpaired) electrons. The predicted molar refractivity (Wildman–Crippen MR) is 75.9 cm³/mol. The second-order valence-electron chi connectivity index (χ2n) is 5.28. The highest BCUT2D eigenvalue weighted by Crippen LogP contribution is 2.20. The van der Waals surface area contributed by atoms with Crippen LogP contribution in [-0.2, 0) is 21.4 Å². The van der Waals surface area contributed by atoms with E-state index >= 15 is 0 Å². The summed E-state index contributed by atoms with van der Waals surface area (Å²) in [4.78, 5) is 0.239. The molecular weight excluding hydrogens is 278 g/mol. The van der Waals surface area contributed by atoms with Crippen LogP contribution in [0, 0.1) is 6.92 Å². The van der Waals surface area contributed by atoms with Gasteiger partial charge in [-0.1, -0.05) is 12.1 Å². The molecule has 5 nitrogen and oxygen atoms in total. The number of aliphatic hydroxyl groups excluding tert-OH is 1. The van der Waals surface area contributed by atoms with Crippen molar-refractivity contribution in [2.75, 3.05) is 6.61 Å². The monoisotopic (exact) mass is 299 g/mol. The van der Waals surface area contributed by atoms with Gasteiger partial charge < -0.3 is 9.84 Å². The molecule has 1 aliphatic heterocycles. The molecule has 1 aliphatic rings. The highest BCUT2D eigenvalue weighted by atomic mass is 32.2. The Morgan fingerprint density at radius 3 is 2.85 bits per heavy atom. The molecule has 1 aromatic rings. The lowest BCUT2D eigenvalue weighted by molar-refractivity contribution is 0.0173. The molecule has 0 saturated carbocycles. The van der Waals surface area contributed by atoms with Crippen molar-refractivity contribution in [2.45, 2.75) is 50.3 Å². The molecule has 2 atom stereocenters. The molecule has 1 fully saturated rings. The first-order valence-corrected chi connectivity index (χ1v) is 8.25. The van der Waals surface area contributed by atoms with E-state index in [1.54, 1.807) is 19.1 Å². The van der Waals surface area contributed by atoms with Gasteiger partial charge in [-0.2, -0.15) is 0 Å². The summed E-state index contributed by atoms with van der Waals surface area (Å²) in [5, 5.41) is 9.14. The predicted octanol–water partition coefficient (Wildman–Crippen LogP) is 1.33. The van der Waals surface area contributed by atoms with Gasteiger partial charge in [-0.3, -0.25) is 0 Å².